The number of ketones is 1. The molecule has 0 heterocycles. The van der Waals surface area contributed by atoms with E-state index >= 15 is 0 Å². The van der Waals surface area contributed by atoms with E-state index in [1.54, 1.807) is 0 Å². The Bertz CT molecular complexity index is 237. The van der Waals surface area contributed by atoms with Gasteiger partial charge in [0, 0.05) is 10.8 Å². The lowest BCUT2D eigenvalue weighted by Gasteiger charge is -2.14. The second kappa shape index (κ2) is 3.96. The van der Waals surface area contributed by atoms with Crippen LogP contribution in [0.5, 0.6) is 0 Å². The Morgan fingerprint density at radius 2 is 1.54 bits per heavy atom. The van der Waals surface area contributed by atoms with Crippen molar-refractivity contribution < 1.29 is 4.79 Å². The van der Waals surface area contributed by atoms with E-state index in [-0.39, 0.29) is 16.6 Å². The normalized spacial score (nSPS) is 11.8. The van der Waals surface area contributed by atoms with Crippen molar-refractivity contribution in [3.63, 3.8) is 0 Å². The summed E-state index contributed by atoms with van der Waals surface area (Å²) in [6, 6.07) is 0. The number of Topliss-reactive ketones (excluding diaryl/α,β-unsaturated/α-hetero) is 1. The minimum atomic E-state index is -0.257. The molecular weight excluding hydrogens is 160 g/mol. The highest BCUT2D eigenvalue weighted by Crippen LogP contribution is 2.16. The molecule has 0 spiro atoms. The van der Waals surface area contributed by atoms with Gasteiger partial charge in [-0.25, -0.2) is 0 Å². The molecule has 0 atom stereocenters. The van der Waals surface area contributed by atoms with Gasteiger partial charge in [-0.2, -0.15) is 0 Å². The molecule has 1 heteroatoms. The van der Waals surface area contributed by atoms with Crippen molar-refractivity contribution >= 4 is 5.78 Å². The standard InChI is InChI=1S/C12H20O/c1-11(2,3)9-7-8-10(13)12(4,5)6/h8H2,1-6H3. The van der Waals surface area contributed by atoms with Gasteiger partial charge in [-0.3, -0.25) is 4.79 Å². The summed E-state index contributed by atoms with van der Waals surface area (Å²) in [6.07, 6.45) is 0.376. The fraction of sp³-hybridized carbons (Fsp3) is 0.750. The summed E-state index contributed by atoms with van der Waals surface area (Å²) in [4.78, 5) is 11.4. The van der Waals surface area contributed by atoms with Crippen LogP contribution >= 0.6 is 0 Å². The molecule has 0 saturated heterocycles. The average molecular weight is 180 g/mol. The van der Waals surface area contributed by atoms with Crippen molar-refractivity contribution in [1.82, 2.24) is 0 Å². The second-order valence-electron chi connectivity index (χ2n) is 5.40. The Morgan fingerprint density at radius 1 is 1.08 bits per heavy atom. The first-order chi connectivity index (χ1) is 5.63. The van der Waals surface area contributed by atoms with Crippen molar-refractivity contribution in [2.75, 3.05) is 0 Å². The van der Waals surface area contributed by atoms with Crippen molar-refractivity contribution in [3.05, 3.63) is 0 Å². The summed E-state index contributed by atoms with van der Waals surface area (Å²) in [5.41, 5.74) is -0.259. The van der Waals surface area contributed by atoms with Gasteiger partial charge in [-0.1, -0.05) is 32.6 Å². The number of hydrogen-bond donors (Lipinski definition) is 0. The van der Waals surface area contributed by atoms with Gasteiger partial charge in [-0.05, 0) is 20.8 Å². The molecule has 13 heavy (non-hydrogen) atoms. The third kappa shape index (κ3) is 6.40. The SMILES string of the molecule is CC(C)(C)C#CCC(=O)C(C)(C)C. The van der Waals surface area contributed by atoms with Crippen LogP contribution in [0.25, 0.3) is 0 Å². The van der Waals surface area contributed by atoms with Gasteiger partial charge in [0.15, 0.2) is 0 Å². The Morgan fingerprint density at radius 3 is 1.85 bits per heavy atom. The molecule has 0 fully saturated rings. The molecule has 0 rings (SSSR count). The topological polar surface area (TPSA) is 17.1 Å². The number of carbonyl (C=O) groups excluding carboxylic acids is 1. The Kier molecular flexibility index (Phi) is 3.72. The Labute approximate surface area is 81.9 Å². The van der Waals surface area contributed by atoms with Crippen LogP contribution < -0.4 is 0 Å². The lowest BCUT2D eigenvalue weighted by molar-refractivity contribution is -0.125. The molecule has 0 bridgehead atoms. The highest BCUT2D eigenvalue weighted by molar-refractivity contribution is 5.85. The summed E-state index contributed by atoms with van der Waals surface area (Å²) in [5, 5.41) is 0. The van der Waals surface area contributed by atoms with Gasteiger partial charge in [0.25, 0.3) is 0 Å². The first-order valence-corrected chi connectivity index (χ1v) is 4.66. The lowest BCUT2D eigenvalue weighted by Crippen LogP contribution is -2.19. The van der Waals surface area contributed by atoms with E-state index in [4.69, 9.17) is 0 Å². The molecule has 1 nitrogen and oxygen atoms in total. The van der Waals surface area contributed by atoms with E-state index in [0.717, 1.165) is 0 Å². The van der Waals surface area contributed by atoms with Crippen LogP contribution in [0.15, 0.2) is 0 Å². The molecule has 0 aliphatic rings. The predicted molar refractivity (Wildman–Crippen MR) is 56.3 cm³/mol. The minimum absolute atomic E-state index is 0.00182. The highest BCUT2D eigenvalue weighted by atomic mass is 16.1. The Balaban J connectivity index is 4.18. The second-order valence-corrected chi connectivity index (χ2v) is 5.40. The van der Waals surface area contributed by atoms with Crippen LogP contribution in [0.4, 0.5) is 0 Å². The van der Waals surface area contributed by atoms with Gasteiger partial charge in [0.2, 0.25) is 0 Å². The summed E-state index contributed by atoms with van der Waals surface area (Å²) < 4.78 is 0. The molecule has 0 aromatic heterocycles. The molecule has 74 valence electrons. The predicted octanol–water partition coefficient (Wildman–Crippen LogP) is 3.04. The van der Waals surface area contributed by atoms with Crippen molar-refractivity contribution in [2.24, 2.45) is 10.8 Å². The molecule has 0 radical (unpaired) electrons. The smallest absolute Gasteiger partial charge is 0.150 e. The van der Waals surface area contributed by atoms with E-state index in [9.17, 15) is 4.79 Å². The summed E-state index contributed by atoms with van der Waals surface area (Å²) in [5.74, 6) is 6.20. The van der Waals surface area contributed by atoms with Crippen LogP contribution in [0.3, 0.4) is 0 Å². The molecule has 0 aromatic rings. The number of rotatable bonds is 1. The highest BCUT2D eigenvalue weighted by Gasteiger charge is 2.19. The monoisotopic (exact) mass is 180 g/mol. The zero-order valence-electron chi connectivity index (χ0n) is 9.62. The van der Waals surface area contributed by atoms with E-state index in [2.05, 4.69) is 11.8 Å². The van der Waals surface area contributed by atoms with Crippen LogP contribution in [0, 0.1) is 22.7 Å². The van der Waals surface area contributed by atoms with Gasteiger partial charge in [-0.15, -0.1) is 0 Å². The summed E-state index contributed by atoms with van der Waals surface area (Å²) in [6.45, 7) is 11.9. The van der Waals surface area contributed by atoms with Crippen molar-refractivity contribution in [3.8, 4) is 11.8 Å². The first kappa shape index (κ1) is 12.2. The zero-order chi connectivity index (χ0) is 10.7. The fourth-order valence-electron chi connectivity index (χ4n) is 0.655. The van der Waals surface area contributed by atoms with Crippen LogP contribution in [0.2, 0.25) is 0 Å². The van der Waals surface area contributed by atoms with E-state index < -0.39 is 0 Å². The van der Waals surface area contributed by atoms with Crippen molar-refractivity contribution in [1.29, 1.82) is 0 Å². The third-order valence-electron chi connectivity index (χ3n) is 1.55. The van der Waals surface area contributed by atoms with Gasteiger partial charge >= 0.3 is 0 Å². The van der Waals surface area contributed by atoms with Gasteiger partial charge in [0.1, 0.15) is 5.78 Å². The van der Waals surface area contributed by atoms with E-state index in [1.807, 2.05) is 41.5 Å². The molecule has 0 unspecified atom stereocenters. The van der Waals surface area contributed by atoms with E-state index in [0.29, 0.717) is 6.42 Å². The maximum Gasteiger partial charge on any atom is 0.150 e. The molecule has 0 aliphatic heterocycles. The quantitative estimate of drug-likeness (QED) is 0.567. The molecule has 0 amide bonds. The fourth-order valence-corrected chi connectivity index (χ4v) is 0.655. The molecule has 0 saturated carbocycles. The zero-order valence-corrected chi connectivity index (χ0v) is 9.62. The number of carbonyl (C=O) groups is 1. The Hall–Kier alpha value is -0.770. The van der Waals surface area contributed by atoms with Gasteiger partial charge in [0.05, 0.1) is 6.42 Å². The van der Waals surface area contributed by atoms with Crippen LogP contribution in [-0.2, 0) is 4.79 Å². The van der Waals surface area contributed by atoms with Gasteiger partial charge < -0.3 is 0 Å². The molecule has 0 aliphatic carbocycles. The maximum atomic E-state index is 11.4. The minimum Gasteiger partial charge on any atom is -0.298 e. The maximum absolute atomic E-state index is 11.4. The van der Waals surface area contributed by atoms with Crippen LogP contribution in [-0.4, -0.2) is 5.78 Å². The number of hydrogen-bond acceptors (Lipinski definition) is 1. The summed E-state index contributed by atoms with van der Waals surface area (Å²) >= 11 is 0. The third-order valence-corrected chi connectivity index (χ3v) is 1.55. The molecule has 0 aromatic carbocycles. The lowest BCUT2D eigenvalue weighted by atomic mass is 9.88. The molecular formula is C12H20O. The average Bonchev–Trinajstić information content (AvgIpc) is 1.82. The largest absolute Gasteiger partial charge is 0.298 e. The summed E-state index contributed by atoms with van der Waals surface area (Å²) in [7, 11) is 0. The van der Waals surface area contributed by atoms with E-state index in [1.165, 1.54) is 0 Å². The van der Waals surface area contributed by atoms with Crippen molar-refractivity contribution in [2.45, 2.75) is 48.0 Å². The van der Waals surface area contributed by atoms with Crippen LogP contribution in [0.1, 0.15) is 48.0 Å². The molecule has 0 N–H and O–H groups in total. The first-order valence-electron chi connectivity index (χ1n) is 4.66.